The van der Waals surface area contributed by atoms with E-state index >= 15 is 0 Å². The highest BCUT2D eigenvalue weighted by Gasteiger charge is 2.06. The summed E-state index contributed by atoms with van der Waals surface area (Å²) in [4.78, 5) is 0. The van der Waals surface area contributed by atoms with E-state index in [1.54, 1.807) is 13.3 Å². The molecule has 0 fully saturated rings. The van der Waals surface area contributed by atoms with Crippen molar-refractivity contribution >= 4 is 22.7 Å². The van der Waals surface area contributed by atoms with E-state index in [2.05, 4.69) is 20.7 Å². The monoisotopic (exact) mass is 310 g/mol. The van der Waals surface area contributed by atoms with Gasteiger partial charge in [0, 0.05) is 5.56 Å². The molecular formula is C16H14N4OS. The summed E-state index contributed by atoms with van der Waals surface area (Å²) in [6.07, 6.45) is 1.74. The maximum atomic E-state index is 5.14. The molecule has 5 nitrogen and oxygen atoms in total. The van der Waals surface area contributed by atoms with Gasteiger partial charge in [0.05, 0.1) is 13.3 Å². The molecule has 0 amide bonds. The minimum Gasteiger partial charge on any atom is -0.497 e. The number of aromatic nitrogens is 2. The van der Waals surface area contributed by atoms with Crippen molar-refractivity contribution in [2.75, 3.05) is 12.5 Å². The van der Waals surface area contributed by atoms with Gasteiger partial charge in [0.1, 0.15) is 10.8 Å². The minimum absolute atomic E-state index is 0.651. The fraction of sp³-hybridized carbons (Fsp3) is 0.0625. The van der Waals surface area contributed by atoms with Gasteiger partial charge in [0.25, 0.3) is 0 Å². The van der Waals surface area contributed by atoms with E-state index in [0.29, 0.717) is 5.13 Å². The quantitative estimate of drug-likeness (QED) is 0.577. The van der Waals surface area contributed by atoms with Crippen molar-refractivity contribution in [1.29, 1.82) is 0 Å². The Kier molecular flexibility index (Phi) is 4.41. The van der Waals surface area contributed by atoms with E-state index in [1.807, 2.05) is 54.6 Å². The first kappa shape index (κ1) is 14.2. The van der Waals surface area contributed by atoms with Crippen LogP contribution in [-0.4, -0.2) is 23.5 Å². The lowest BCUT2D eigenvalue weighted by molar-refractivity contribution is 0.415. The van der Waals surface area contributed by atoms with Crippen molar-refractivity contribution in [2.24, 2.45) is 5.10 Å². The lowest BCUT2D eigenvalue weighted by atomic mass is 10.2. The number of methoxy groups -OCH3 is 1. The first-order valence-electron chi connectivity index (χ1n) is 6.67. The fourth-order valence-corrected chi connectivity index (χ4v) is 2.52. The normalized spacial score (nSPS) is 10.8. The molecule has 0 atom stereocenters. The van der Waals surface area contributed by atoms with E-state index in [4.69, 9.17) is 4.74 Å². The molecule has 1 N–H and O–H groups in total. The van der Waals surface area contributed by atoms with Gasteiger partial charge in [0.15, 0.2) is 0 Å². The lowest BCUT2D eigenvalue weighted by Gasteiger charge is -1.99. The molecule has 0 aliphatic carbocycles. The Morgan fingerprint density at radius 2 is 1.82 bits per heavy atom. The largest absolute Gasteiger partial charge is 0.497 e. The Hall–Kier alpha value is -2.73. The zero-order chi connectivity index (χ0) is 15.2. The van der Waals surface area contributed by atoms with Crippen LogP contribution in [0.25, 0.3) is 10.6 Å². The number of hydrazone groups is 1. The van der Waals surface area contributed by atoms with E-state index in [-0.39, 0.29) is 0 Å². The van der Waals surface area contributed by atoms with Crippen molar-refractivity contribution < 1.29 is 4.74 Å². The third-order valence-corrected chi connectivity index (χ3v) is 3.81. The van der Waals surface area contributed by atoms with Gasteiger partial charge in [-0.3, -0.25) is 5.43 Å². The van der Waals surface area contributed by atoms with Crippen molar-refractivity contribution in [1.82, 2.24) is 10.2 Å². The lowest BCUT2D eigenvalue weighted by Crippen LogP contribution is -1.89. The Labute approximate surface area is 132 Å². The number of rotatable bonds is 5. The standard InChI is InChI=1S/C16H14N4OS/c1-21-14-9-7-13(8-10-14)15-18-20-16(22-15)19-17-11-12-5-3-2-4-6-12/h2-11H,1H3,(H,19,20)/b17-11+. The van der Waals surface area contributed by atoms with Crippen LogP contribution in [0.3, 0.4) is 0 Å². The molecule has 0 unspecified atom stereocenters. The Balaban J connectivity index is 1.67. The summed E-state index contributed by atoms with van der Waals surface area (Å²) in [5.74, 6) is 0.819. The van der Waals surface area contributed by atoms with E-state index in [1.165, 1.54) is 11.3 Å². The van der Waals surface area contributed by atoms with Crippen molar-refractivity contribution in [3.63, 3.8) is 0 Å². The van der Waals surface area contributed by atoms with Gasteiger partial charge in [-0.1, -0.05) is 41.7 Å². The van der Waals surface area contributed by atoms with Crippen LogP contribution in [0.2, 0.25) is 0 Å². The van der Waals surface area contributed by atoms with Gasteiger partial charge < -0.3 is 4.74 Å². The molecule has 0 bridgehead atoms. The van der Waals surface area contributed by atoms with Gasteiger partial charge in [-0.15, -0.1) is 10.2 Å². The number of ether oxygens (including phenoxy) is 1. The smallest absolute Gasteiger partial charge is 0.226 e. The maximum absolute atomic E-state index is 5.14. The number of anilines is 1. The predicted molar refractivity (Wildman–Crippen MR) is 89.6 cm³/mol. The Bertz CT molecular complexity index is 753. The van der Waals surface area contributed by atoms with Crippen LogP contribution in [0.15, 0.2) is 59.7 Å². The van der Waals surface area contributed by atoms with E-state index in [0.717, 1.165) is 21.9 Å². The highest BCUT2D eigenvalue weighted by molar-refractivity contribution is 7.18. The molecular weight excluding hydrogens is 296 g/mol. The SMILES string of the molecule is COc1ccc(-c2nnc(N/N=C/c3ccccc3)s2)cc1. The highest BCUT2D eigenvalue weighted by Crippen LogP contribution is 2.27. The van der Waals surface area contributed by atoms with Crippen LogP contribution in [-0.2, 0) is 0 Å². The molecule has 3 aromatic rings. The number of hydrogen-bond donors (Lipinski definition) is 1. The molecule has 110 valence electrons. The topological polar surface area (TPSA) is 59.4 Å². The van der Waals surface area contributed by atoms with Crippen molar-refractivity contribution in [2.45, 2.75) is 0 Å². The summed E-state index contributed by atoms with van der Waals surface area (Å²) in [6, 6.07) is 17.6. The molecule has 1 aromatic heterocycles. The molecule has 0 saturated carbocycles. The zero-order valence-electron chi connectivity index (χ0n) is 11.9. The van der Waals surface area contributed by atoms with Crippen LogP contribution >= 0.6 is 11.3 Å². The van der Waals surface area contributed by atoms with Crippen molar-refractivity contribution in [3.05, 3.63) is 60.2 Å². The van der Waals surface area contributed by atoms with E-state index in [9.17, 15) is 0 Å². The molecule has 0 spiro atoms. The van der Waals surface area contributed by atoms with Gasteiger partial charge in [0.2, 0.25) is 5.13 Å². The second kappa shape index (κ2) is 6.82. The highest BCUT2D eigenvalue weighted by atomic mass is 32.1. The first-order valence-corrected chi connectivity index (χ1v) is 7.49. The summed E-state index contributed by atoms with van der Waals surface area (Å²) >= 11 is 1.45. The molecule has 2 aromatic carbocycles. The molecule has 0 aliphatic heterocycles. The van der Waals surface area contributed by atoms with Crippen molar-refractivity contribution in [3.8, 4) is 16.3 Å². The Morgan fingerprint density at radius 1 is 1.05 bits per heavy atom. The summed E-state index contributed by atoms with van der Waals surface area (Å²) in [5.41, 5.74) is 4.92. The second-order valence-electron chi connectivity index (χ2n) is 4.42. The Morgan fingerprint density at radius 3 is 2.55 bits per heavy atom. The molecule has 0 radical (unpaired) electrons. The molecule has 0 aliphatic rings. The van der Waals surface area contributed by atoms with Crippen LogP contribution in [0, 0.1) is 0 Å². The number of benzene rings is 2. The van der Waals surface area contributed by atoms with Gasteiger partial charge >= 0.3 is 0 Å². The summed E-state index contributed by atoms with van der Waals surface area (Å²) < 4.78 is 5.14. The predicted octanol–water partition coefficient (Wildman–Crippen LogP) is 3.66. The van der Waals surface area contributed by atoms with E-state index < -0.39 is 0 Å². The average molecular weight is 310 g/mol. The molecule has 22 heavy (non-hydrogen) atoms. The van der Waals surface area contributed by atoms with Gasteiger partial charge in [-0.05, 0) is 29.8 Å². The first-order chi connectivity index (χ1) is 10.8. The van der Waals surface area contributed by atoms with Gasteiger partial charge in [-0.25, -0.2) is 0 Å². The average Bonchev–Trinajstić information content (AvgIpc) is 3.05. The number of nitrogens with one attached hydrogen (secondary N) is 1. The number of hydrogen-bond acceptors (Lipinski definition) is 6. The van der Waals surface area contributed by atoms with Crippen LogP contribution in [0.1, 0.15) is 5.56 Å². The third kappa shape index (κ3) is 3.48. The molecule has 1 heterocycles. The summed E-state index contributed by atoms with van der Waals surface area (Å²) in [6.45, 7) is 0. The molecule has 6 heteroatoms. The maximum Gasteiger partial charge on any atom is 0.226 e. The third-order valence-electron chi connectivity index (χ3n) is 2.94. The fourth-order valence-electron chi connectivity index (χ4n) is 1.82. The van der Waals surface area contributed by atoms with Gasteiger partial charge in [-0.2, -0.15) is 5.10 Å². The summed E-state index contributed by atoms with van der Waals surface area (Å²) in [5, 5.41) is 13.9. The molecule has 0 saturated heterocycles. The van der Waals surface area contributed by atoms with Crippen LogP contribution < -0.4 is 10.2 Å². The van der Waals surface area contributed by atoms with Crippen LogP contribution in [0.4, 0.5) is 5.13 Å². The second-order valence-corrected chi connectivity index (χ2v) is 5.40. The molecule has 3 rings (SSSR count). The van der Waals surface area contributed by atoms with Crippen LogP contribution in [0.5, 0.6) is 5.75 Å². The minimum atomic E-state index is 0.651. The summed E-state index contributed by atoms with van der Waals surface area (Å²) in [7, 11) is 1.65. The number of nitrogens with zero attached hydrogens (tertiary/aromatic N) is 3. The zero-order valence-corrected chi connectivity index (χ0v) is 12.7.